The molecule has 1 unspecified atom stereocenters. The van der Waals surface area contributed by atoms with E-state index in [9.17, 15) is 13.2 Å². The lowest BCUT2D eigenvalue weighted by Crippen LogP contribution is -2.45. The van der Waals surface area contributed by atoms with Crippen molar-refractivity contribution in [3.8, 4) is 0 Å². The van der Waals surface area contributed by atoms with Crippen molar-refractivity contribution in [2.45, 2.75) is 57.1 Å². The topological polar surface area (TPSA) is 63.7 Å². The Morgan fingerprint density at radius 3 is 2.30 bits per heavy atom. The van der Waals surface area contributed by atoms with Gasteiger partial charge in [0.25, 0.3) is 10.0 Å². The van der Waals surface area contributed by atoms with Crippen molar-refractivity contribution in [2.24, 2.45) is 0 Å². The number of hydrogen-bond acceptors (Lipinski definition) is 4. The number of aryl methyl sites for hydroxylation is 1. The highest BCUT2D eigenvalue weighted by Gasteiger charge is 2.38. The van der Waals surface area contributed by atoms with Gasteiger partial charge in [0.15, 0.2) is 0 Å². The van der Waals surface area contributed by atoms with Crippen LogP contribution in [0.15, 0.2) is 41.3 Å². The van der Waals surface area contributed by atoms with Crippen LogP contribution in [0.3, 0.4) is 0 Å². The van der Waals surface area contributed by atoms with Crippen molar-refractivity contribution >= 4 is 16.1 Å². The summed E-state index contributed by atoms with van der Waals surface area (Å²) >= 11 is 0. The molecular weight excluding hydrogens is 314 g/mol. The molecule has 6 heteroatoms. The van der Waals surface area contributed by atoms with Gasteiger partial charge in [0.2, 0.25) is 0 Å². The number of sulfonamides is 1. The van der Waals surface area contributed by atoms with E-state index in [2.05, 4.69) is 0 Å². The van der Waals surface area contributed by atoms with Crippen LogP contribution in [0, 0.1) is 6.92 Å². The molecule has 1 atom stereocenters. The Morgan fingerprint density at radius 1 is 1.22 bits per heavy atom. The second-order valence-electron chi connectivity index (χ2n) is 6.67. The maximum atomic E-state index is 12.9. The van der Waals surface area contributed by atoms with Crippen LogP contribution in [0.25, 0.3) is 0 Å². The van der Waals surface area contributed by atoms with Gasteiger partial charge < -0.3 is 4.74 Å². The summed E-state index contributed by atoms with van der Waals surface area (Å²) < 4.78 is 32.1. The highest BCUT2D eigenvalue weighted by molar-refractivity contribution is 7.89. The molecule has 1 aromatic rings. The molecule has 0 aliphatic heterocycles. The molecule has 0 radical (unpaired) electrons. The SMILES string of the molecule is Cc1ccc(S(=O)(=O)N(C(=O)OC(C)(C)C)C2C=CCC2)cc1. The summed E-state index contributed by atoms with van der Waals surface area (Å²) in [6.45, 7) is 7.02. The Bertz CT molecular complexity index is 699. The minimum Gasteiger partial charge on any atom is -0.443 e. The fourth-order valence-electron chi connectivity index (χ4n) is 2.35. The van der Waals surface area contributed by atoms with Crippen molar-refractivity contribution < 1.29 is 17.9 Å². The largest absolute Gasteiger partial charge is 0.443 e. The van der Waals surface area contributed by atoms with E-state index >= 15 is 0 Å². The van der Waals surface area contributed by atoms with E-state index in [1.807, 2.05) is 13.0 Å². The molecule has 1 aliphatic carbocycles. The van der Waals surface area contributed by atoms with E-state index in [4.69, 9.17) is 4.74 Å². The normalized spacial score (nSPS) is 18.0. The highest BCUT2D eigenvalue weighted by Crippen LogP contribution is 2.27. The summed E-state index contributed by atoms with van der Waals surface area (Å²) in [6, 6.07) is 5.95. The van der Waals surface area contributed by atoms with Crippen LogP contribution in [-0.2, 0) is 14.8 Å². The molecule has 0 fully saturated rings. The van der Waals surface area contributed by atoms with Crippen molar-refractivity contribution in [1.29, 1.82) is 0 Å². The number of carbonyl (C=O) groups excluding carboxylic acids is 1. The molecule has 0 N–H and O–H groups in total. The Kier molecular flexibility index (Phi) is 4.84. The molecule has 0 aromatic heterocycles. The predicted molar refractivity (Wildman–Crippen MR) is 88.6 cm³/mol. The maximum absolute atomic E-state index is 12.9. The van der Waals surface area contributed by atoms with Crippen LogP contribution in [0.4, 0.5) is 4.79 Å². The molecular formula is C17H23NO4S. The summed E-state index contributed by atoms with van der Waals surface area (Å²) in [6.07, 6.45) is 4.11. The van der Waals surface area contributed by atoms with Gasteiger partial charge in [0, 0.05) is 0 Å². The average Bonchev–Trinajstić information content (AvgIpc) is 2.90. The van der Waals surface area contributed by atoms with Gasteiger partial charge in [0.05, 0.1) is 10.9 Å². The summed E-state index contributed by atoms with van der Waals surface area (Å²) in [5.74, 6) is 0. The highest BCUT2D eigenvalue weighted by atomic mass is 32.2. The molecule has 0 heterocycles. The minimum absolute atomic E-state index is 0.0919. The van der Waals surface area contributed by atoms with E-state index in [1.165, 1.54) is 12.1 Å². The molecule has 1 aromatic carbocycles. The average molecular weight is 337 g/mol. The summed E-state index contributed by atoms with van der Waals surface area (Å²) in [5, 5.41) is 0. The third-order valence-electron chi connectivity index (χ3n) is 3.44. The van der Waals surface area contributed by atoms with E-state index in [1.54, 1.807) is 39.0 Å². The number of ether oxygens (including phenoxy) is 1. The molecule has 1 amide bonds. The molecule has 126 valence electrons. The van der Waals surface area contributed by atoms with Crippen molar-refractivity contribution in [1.82, 2.24) is 4.31 Å². The van der Waals surface area contributed by atoms with Crippen molar-refractivity contribution in [3.63, 3.8) is 0 Å². The molecule has 2 rings (SSSR count). The summed E-state index contributed by atoms with van der Waals surface area (Å²) in [7, 11) is -3.97. The Hall–Kier alpha value is -1.82. The minimum atomic E-state index is -3.97. The van der Waals surface area contributed by atoms with Crippen LogP contribution in [0.2, 0.25) is 0 Å². The quantitative estimate of drug-likeness (QED) is 0.790. The monoisotopic (exact) mass is 337 g/mol. The van der Waals surface area contributed by atoms with Gasteiger partial charge in [0.1, 0.15) is 5.60 Å². The number of rotatable bonds is 3. The zero-order chi connectivity index (χ0) is 17.3. The van der Waals surface area contributed by atoms with Crippen LogP contribution >= 0.6 is 0 Å². The first-order valence-electron chi connectivity index (χ1n) is 7.62. The Labute approximate surface area is 138 Å². The van der Waals surface area contributed by atoms with E-state index in [0.29, 0.717) is 6.42 Å². The third kappa shape index (κ3) is 4.13. The standard InChI is InChI=1S/C17H23NO4S/c1-13-9-11-15(12-10-13)23(20,21)18(14-7-5-6-8-14)16(19)22-17(2,3)4/h5,7,9-12,14H,6,8H2,1-4H3. The molecule has 5 nitrogen and oxygen atoms in total. The lowest BCUT2D eigenvalue weighted by Gasteiger charge is -2.30. The Morgan fingerprint density at radius 2 is 1.83 bits per heavy atom. The zero-order valence-electron chi connectivity index (χ0n) is 13.9. The first kappa shape index (κ1) is 17.5. The number of hydrogen-bond donors (Lipinski definition) is 0. The van der Waals surface area contributed by atoms with Gasteiger partial charge in [-0.15, -0.1) is 0 Å². The Balaban J connectivity index is 2.42. The third-order valence-corrected chi connectivity index (χ3v) is 5.25. The fourth-order valence-corrected chi connectivity index (χ4v) is 3.83. The van der Waals surface area contributed by atoms with Crippen LogP contribution in [0.5, 0.6) is 0 Å². The lowest BCUT2D eigenvalue weighted by atomic mass is 10.2. The fraction of sp³-hybridized carbons (Fsp3) is 0.471. The van der Waals surface area contributed by atoms with Gasteiger partial charge in [-0.25, -0.2) is 13.2 Å². The van der Waals surface area contributed by atoms with Gasteiger partial charge in [-0.2, -0.15) is 4.31 Å². The number of nitrogens with zero attached hydrogens (tertiary/aromatic N) is 1. The van der Waals surface area contributed by atoms with Crippen molar-refractivity contribution in [2.75, 3.05) is 0 Å². The van der Waals surface area contributed by atoms with E-state index < -0.39 is 27.8 Å². The first-order chi connectivity index (χ1) is 10.6. The second kappa shape index (κ2) is 6.35. The molecule has 0 saturated carbocycles. The first-order valence-corrected chi connectivity index (χ1v) is 9.06. The predicted octanol–water partition coefficient (Wildman–Crippen LogP) is 3.64. The molecule has 0 spiro atoms. The summed E-state index contributed by atoms with van der Waals surface area (Å²) in [5.41, 5.74) is 0.189. The van der Waals surface area contributed by atoms with Crippen LogP contribution < -0.4 is 0 Å². The van der Waals surface area contributed by atoms with E-state index in [-0.39, 0.29) is 4.90 Å². The number of benzene rings is 1. The van der Waals surface area contributed by atoms with Gasteiger partial charge in [-0.05, 0) is 52.7 Å². The molecule has 0 bridgehead atoms. The van der Waals surface area contributed by atoms with Crippen LogP contribution in [-0.4, -0.2) is 30.5 Å². The molecule has 23 heavy (non-hydrogen) atoms. The maximum Gasteiger partial charge on any atom is 0.424 e. The van der Waals surface area contributed by atoms with E-state index in [0.717, 1.165) is 16.3 Å². The summed E-state index contributed by atoms with van der Waals surface area (Å²) in [4.78, 5) is 12.6. The van der Waals surface area contributed by atoms with Crippen LogP contribution in [0.1, 0.15) is 39.2 Å². The second-order valence-corrected chi connectivity index (χ2v) is 8.48. The van der Waals surface area contributed by atoms with Gasteiger partial charge in [-0.3, -0.25) is 0 Å². The number of carbonyl (C=O) groups is 1. The molecule has 1 aliphatic rings. The van der Waals surface area contributed by atoms with Gasteiger partial charge in [-0.1, -0.05) is 29.8 Å². The van der Waals surface area contributed by atoms with Gasteiger partial charge >= 0.3 is 6.09 Å². The lowest BCUT2D eigenvalue weighted by molar-refractivity contribution is 0.0361. The number of amides is 1. The zero-order valence-corrected chi connectivity index (χ0v) is 14.8. The molecule has 0 saturated heterocycles. The number of allylic oxidation sites excluding steroid dienone is 1. The smallest absolute Gasteiger partial charge is 0.424 e. The van der Waals surface area contributed by atoms with Crippen molar-refractivity contribution in [3.05, 3.63) is 42.0 Å².